The average molecular weight is 438 g/mol. The van der Waals surface area contributed by atoms with Crippen LogP contribution in [0.5, 0.6) is 17.2 Å². The average Bonchev–Trinajstić information content (AvgIpc) is 2.82. The molecular formula is C24H26N2O6. The number of phenolic OH excluding ortho intramolecular Hbond substituents is 1. The van der Waals surface area contributed by atoms with Crippen LogP contribution in [0.15, 0.2) is 48.6 Å². The van der Waals surface area contributed by atoms with E-state index in [2.05, 4.69) is 0 Å². The maximum absolute atomic E-state index is 12.5. The van der Waals surface area contributed by atoms with E-state index in [9.17, 15) is 24.9 Å². The molecular weight excluding hydrogens is 412 g/mol. The maximum atomic E-state index is 12.5. The Bertz CT molecular complexity index is 955. The molecule has 168 valence electrons. The van der Waals surface area contributed by atoms with Gasteiger partial charge in [-0.25, -0.2) is 0 Å². The van der Waals surface area contributed by atoms with Crippen LogP contribution in [-0.4, -0.2) is 70.2 Å². The van der Waals surface area contributed by atoms with E-state index in [4.69, 9.17) is 4.74 Å². The molecule has 2 aromatic rings. The first-order valence-corrected chi connectivity index (χ1v) is 10.1. The Morgan fingerprint density at radius 3 is 1.88 bits per heavy atom. The summed E-state index contributed by atoms with van der Waals surface area (Å²) in [5.41, 5.74) is 1.82. The summed E-state index contributed by atoms with van der Waals surface area (Å²) in [6.07, 6.45) is 6.20. The minimum atomic E-state index is -0.286. The second-order valence-electron chi connectivity index (χ2n) is 7.29. The smallest absolute Gasteiger partial charge is 0.246 e. The van der Waals surface area contributed by atoms with Gasteiger partial charge in [-0.3, -0.25) is 9.59 Å². The molecule has 0 radical (unpaired) electrons. The third-order valence-electron chi connectivity index (χ3n) is 5.22. The van der Waals surface area contributed by atoms with Crippen LogP contribution in [0.4, 0.5) is 0 Å². The summed E-state index contributed by atoms with van der Waals surface area (Å²) in [7, 11) is 1.46. The number of aliphatic hydroxyl groups is 1. The number of piperazine rings is 1. The van der Waals surface area contributed by atoms with Crippen LogP contribution in [0.1, 0.15) is 16.7 Å². The van der Waals surface area contributed by atoms with Crippen molar-refractivity contribution in [3.8, 4) is 17.2 Å². The van der Waals surface area contributed by atoms with Gasteiger partial charge in [0, 0.05) is 43.9 Å². The number of phenols is 2. The van der Waals surface area contributed by atoms with Gasteiger partial charge in [-0.1, -0.05) is 12.1 Å². The van der Waals surface area contributed by atoms with Gasteiger partial charge in [0.1, 0.15) is 5.75 Å². The van der Waals surface area contributed by atoms with Crippen molar-refractivity contribution < 1.29 is 29.6 Å². The molecule has 0 atom stereocenters. The van der Waals surface area contributed by atoms with Crippen LogP contribution in [0.2, 0.25) is 0 Å². The maximum Gasteiger partial charge on any atom is 0.246 e. The van der Waals surface area contributed by atoms with Crippen LogP contribution in [0, 0.1) is 0 Å². The number of rotatable bonds is 6. The fraction of sp³-hybridized carbons (Fsp3) is 0.250. The topological polar surface area (TPSA) is 111 Å². The minimum absolute atomic E-state index is 0.00960. The Kier molecular flexibility index (Phi) is 7.51. The highest BCUT2D eigenvalue weighted by molar-refractivity contribution is 5.93. The predicted molar refractivity (Wildman–Crippen MR) is 120 cm³/mol. The van der Waals surface area contributed by atoms with Crippen LogP contribution in [0.25, 0.3) is 12.2 Å². The van der Waals surface area contributed by atoms with Crippen molar-refractivity contribution in [2.24, 2.45) is 0 Å². The van der Waals surface area contributed by atoms with E-state index in [0.29, 0.717) is 43.1 Å². The summed E-state index contributed by atoms with van der Waals surface area (Å²) < 4.78 is 5.06. The molecule has 0 unspecified atom stereocenters. The Balaban J connectivity index is 1.53. The zero-order chi connectivity index (χ0) is 23.1. The number of aliphatic hydroxyl groups excluding tert-OH is 1. The van der Waals surface area contributed by atoms with E-state index in [-0.39, 0.29) is 29.9 Å². The summed E-state index contributed by atoms with van der Waals surface area (Å²) in [4.78, 5) is 28.3. The summed E-state index contributed by atoms with van der Waals surface area (Å²) in [5, 5.41) is 28.5. The summed E-state index contributed by atoms with van der Waals surface area (Å²) >= 11 is 0. The van der Waals surface area contributed by atoms with E-state index < -0.39 is 0 Å². The number of aromatic hydroxyl groups is 2. The van der Waals surface area contributed by atoms with E-state index in [1.54, 1.807) is 46.2 Å². The number of nitrogens with zero attached hydrogens (tertiary/aromatic N) is 2. The van der Waals surface area contributed by atoms with Crippen molar-refractivity contribution in [2.45, 2.75) is 6.61 Å². The number of hydrogen-bond donors (Lipinski definition) is 3. The van der Waals surface area contributed by atoms with Crippen molar-refractivity contribution in [3.63, 3.8) is 0 Å². The van der Waals surface area contributed by atoms with Crippen LogP contribution < -0.4 is 4.74 Å². The lowest BCUT2D eigenvalue weighted by atomic mass is 10.1. The molecule has 1 aliphatic heterocycles. The van der Waals surface area contributed by atoms with Crippen LogP contribution in [-0.2, 0) is 16.2 Å². The molecule has 2 amide bonds. The number of ether oxygens (including phenoxy) is 1. The van der Waals surface area contributed by atoms with Gasteiger partial charge in [0.2, 0.25) is 11.8 Å². The molecule has 3 rings (SSSR count). The van der Waals surface area contributed by atoms with Gasteiger partial charge in [0.15, 0.2) is 11.5 Å². The van der Waals surface area contributed by atoms with E-state index in [0.717, 1.165) is 5.56 Å². The van der Waals surface area contributed by atoms with Gasteiger partial charge >= 0.3 is 0 Å². The quantitative estimate of drug-likeness (QED) is 0.595. The van der Waals surface area contributed by atoms with Crippen LogP contribution >= 0.6 is 0 Å². The van der Waals surface area contributed by atoms with Crippen molar-refractivity contribution in [2.75, 3.05) is 33.3 Å². The number of carbonyl (C=O) groups excluding carboxylic acids is 2. The first kappa shape index (κ1) is 22.9. The Morgan fingerprint density at radius 1 is 0.875 bits per heavy atom. The number of carbonyl (C=O) groups is 2. The Labute approximate surface area is 186 Å². The van der Waals surface area contributed by atoms with Crippen molar-refractivity contribution in [1.29, 1.82) is 0 Å². The van der Waals surface area contributed by atoms with Gasteiger partial charge in [-0.15, -0.1) is 0 Å². The third-order valence-corrected chi connectivity index (χ3v) is 5.22. The monoisotopic (exact) mass is 438 g/mol. The molecule has 0 aliphatic carbocycles. The van der Waals surface area contributed by atoms with Gasteiger partial charge in [-0.05, 0) is 47.5 Å². The second-order valence-corrected chi connectivity index (χ2v) is 7.29. The van der Waals surface area contributed by atoms with E-state index in [1.807, 2.05) is 0 Å². The minimum Gasteiger partial charge on any atom is -0.508 e. The van der Waals surface area contributed by atoms with Gasteiger partial charge < -0.3 is 29.9 Å². The molecule has 1 aliphatic rings. The second kappa shape index (κ2) is 10.5. The van der Waals surface area contributed by atoms with Gasteiger partial charge in [-0.2, -0.15) is 0 Å². The summed E-state index contributed by atoms with van der Waals surface area (Å²) in [5.74, 6) is 0.0582. The van der Waals surface area contributed by atoms with Gasteiger partial charge in [0.05, 0.1) is 13.7 Å². The highest BCUT2D eigenvalue weighted by Crippen LogP contribution is 2.26. The largest absolute Gasteiger partial charge is 0.508 e. The molecule has 0 bridgehead atoms. The summed E-state index contributed by atoms with van der Waals surface area (Å²) in [6.45, 7) is 1.41. The number of amides is 2. The van der Waals surface area contributed by atoms with Crippen molar-refractivity contribution >= 4 is 24.0 Å². The molecule has 1 saturated heterocycles. The zero-order valence-corrected chi connectivity index (χ0v) is 17.8. The normalized spacial score (nSPS) is 14.3. The number of hydrogen-bond acceptors (Lipinski definition) is 6. The molecule has 3 N–H and O–H groups in total. The Morgan fingerprint density at radius 2 is 1.38 bits per heavy atom. The van der Waals surface area contributed by atoms with Crippen molar-refractivity contribution in [1.82, 2.24) is 9.80 Å². The molecule has 2 aromatic carbocycles. The van der Waals surface area contributed by atoms with E-state index >= 15 is 0 Å². The fourth-order valence-corrected chi connectivity index (χ4v) is 3.33. The van der Waals surface area contributed by atoms with E-state index in [1.165, 1.54) is 31.4 Å². The zero-order valence-electron chi connectivity index (χ0n) is 17.8. The molecule has 8 nitrogen and oxygen atoms in total. The highest BCUT2D eigenvalue weighted by Gasteiger charge is 2.21. The lowest BCUT2D eigenvalue weighted by molar-refractivity contribution is -0.133. The molecule has 0 saturated carbocycles. The number of methoxy groups -OCH3 is 1. The molecule has 8 heteroatoms. The molecule has 0 spiro atoms. The fourth-order valence-electron chi connectivity index (χ4n) is 3.33. The molecule has 1 fully saturated rings. The lowest BCUT2D eigenvalue weighted by Crippen LogP contribution is -2.49. The standard InChI is InChI=1S/C24H26N2O6/c1-32-22-15-18(3-7-21(22)29)5-9-24(31)26-12-10-25(11-13-26)23(30)8-4-17-2-6-20(28)19(14-17)16-27/h2-9,14-15,27-29H,10-13,16H2,1H3/b8-4+,9-5+. The summed E-state index contributed by atoms with van der Waals surface area (Å²) in [6, 6.07) is 9.57. The first-order chi connectivity index (χ1) is 15.4. The molecule has 32 heavy (non-hydrogen) atoms. The lowest BCUT2D eigenvalue weighted by Gasteiger charge is -2.33. The Hall–Kier alpha value is -3.78. The van der Waals surface area contributed by atoms with Crippen molar-refractivity contribution in [3.05, 3.63) is 65.2 Å². The van der Waals surface area contributed by atoms with Crippen LogP contribution in [0.3, 0.4) is 0 Å². The first-order valence-electron chi connectivity index (χ1n) is 10.1. The molecule has 1 heterocycles. The third kappa shape index (κ3) is 5.67. The van der Waals surface area contributed by atoms with Gasteiger partial charge in [0.25, 0.3) is 0 Å². The highest BCUT2D eigenvalue weighted by atomic mass is 16.5. The SMILES string of the molecule is COc1cc(/C=C/C(=O)N2CCN(C(=O)/C=C/c3ccc(O)c(CO)c3)CC2)ccc1O. The molecule has 0 aromatic heterocycles. The predicted octanol–water partition coefficient (Wildman–Crippen LogP) is 2.00. The number of benzene rings is 2.